The van der Waals surface area contributed by atoms with Crippen molar-refractivity contribution in [1.82, 2.24) is 0 Å². The maximum Gasteiger partial charge on any atom is 0.674 e. The van der Waals surface area contributed by atoms with Crippen LogP contribution < -0.4 is 0 Å². The third-order valence-electron chi connectivity index (χ3n) is 5.99. The molecular formula is C18H41B4F4O8P. The van der Waals surface area contributed by atoms with E-state index in [4.69, 9.17) is 40.2 Å². The molecule has 0 aromatic heterocycles. The van der Waals surface area contributed by atoms with Crippen LogP contribution in [0.1, 0.15) is 96.3 Å². The minimum atomic E-state index is -2.67. The van der Waals surface area contributed by atoms with Crippen LogP contribution in [0.2, 0.25) is 0 Å². The Kier molecular flexibility index (Phi) is 26.0. The molecule has 8 N–H and O–H groups in total. The average Bonchev–Trinajstić information content (AvgIpc) is 2.75. The van der Waals surface area contributed by atoms with Crippen molar-refractivity contribution in [1.29, 1.82) is 0 Å². The average molecular weight is 536 g/mol. The van der Waals surface area contributed by atoms with Gasteiger partial charge in [-0.2, -0.15) is 0 Å². The molecule has 0 unspecified atom stereocenters. The molecule has 0 amide bonds. The molecule has 0 aromatic rings. The Morgan fingerprint density at radius 2 is 0.514 bits per heavy atom. The molecule has 0 bridgehead atoms. The summed E-state index contributed by atoms with van der Waals surface area (Å²) in [6.07, 6.45) is 23.6. The van der Waals surface area contributed by atoms with Crippen LogP contribution in [0.5, 0.6) is 0 Å². The number of hydrogen-bond donors (Lipinski definition) is 8. The zero-order valence-electron chi connectivity index (χ0n) is 20.2. The summed E-state index contributed by atoms with van der Waals surface area (Å²) in [6, 6.07) is 0. The molecule has 0 spiro atoms. The largest absolute Gasteiger partial charge is 0.674 e. The van der Waals surface area contributed by atoms with Gasteiger partial charge in [0.1, 0.15) is 0 Å². The first-order valence-corrected chi connectivity index (χ1v) is 13.7. The zero-order chi connectivity index (χ0) is 27.2. The van der Waals surface area contributed by atoms with Crippen LogP contribution in [0, 0.1) is 0 Å². The maximum atomic E-state index is 10.1. The van der Waals surface area contributed by atoms with E-state index in [0.717, 1.165) is 0 Å². The van der Waals surface area contributed by atoms with Crippen molar-refractivity contribution in [2.45, 2.75) is 113 Å². The van der Waals surface area contributed by atoms with E-state index in [1.54, 1.807) is 77.0 Å². The maximum absolute atomic E-state index is 10.1. The first-order chi connectivity index (χ1) is 16.4. The van der Waals surface area contributed by atoms with Gasteiger partial charge < -0.3 is 40.2 Å². The normalized spacial score (nSPS) is 18.8. The van der Waals surface area contributed by atoms with Crippen LogP contribution in [0.15, 0.2) is 0 Å². The lowest BCUT2D eigenvalue weighted by atomic mass is 9.99. The fraction of sp³-hybridized carbons (Fsp3) is 1.00. The highest BCUT2D eigenvalue weighted by Gasteiger charge is 2.36. The predicted molar refractivity (Wildman–Crippen MR) is 133 cm³/mol. The minimum Gasteiger partial charge on any atom is -0.398 e. The molecule has 0 aromatic carbocycles. The van der Waals surface area contributed by atoms with Gasteiger partial charge in [0.2, 0.25) is 0 Å². The number of rotatable bonds is 3. The van der Waals surface area contributed by atoms with Crippen molar-refractivity contribution in [3.63, 3.8) is 0 Å². The minimum absolute atomic E-state index is 0.385. The highest BCUT2D eigenvalue weighted by Crippen LogP contribution is 2.61. The summed E-state index contributed by atoms with van der Waals surface area (Å²) in [5.41, 5.74) is 3.57. The zero-order valence-corrected chi connectivity index (χ0v) is 21.1. The van der Waals surface area contributed by atoms with Gasteiger partial charge in [0.25, 0.3) is 0 Å². The van der Waals surface area contributed by atoms with E-state index in [1.807, 2.05) is 0 Å². The molecule has 3 fully saturated rings. The third kappa shape index (κ3) is 27.0. The topological polar surface area (TPSA) is 162 Å². The predicted octanol–water partition coefficient (Wildman–Crippen LogP) is 2.17. The van der Waals surface area contributed by atoms with Gasteiger partial charge in [0.15, 0.2) is 0 Å². The van der Waals surface area contributed by atoms with Gasteiger partial charge in [-0.05, 0) is 55.5 Å². The summed E-state index contributed by atoms with van der Waals surface area (Å²) in [6.45, 7) is 0. The van der Waals surface area contributed by atoms with Gasteiger partial charge in [-0.15, -0.1) is 0 Å². The first kappa shape index (κ1) is 37.2. The van der Waals surface area contributed by atoms with Gasteiger partial charge >= 0.3 is 29.6 Å². The molecule has 3 rings (SSSR count). The monoisotopic (exact) mass is 536 g/mol. The molecule has 0 heterocycles. The molecule has 0 radical (unpaired) electrons. The lowest BCUT2D eigenvalue weighted by Gasteiger charge is -2.44. The number of halogens is 4. The van der Waals surface area contributed by atoms with Crippen LogP contribution >= 0.6 is 7.92 Å². The Bertz CT molecular complexity index is 373. The summed E-state index contributed by atoms with van der Waals surface area (Å²) >= 11 is 0. The van der Waals surface area contributed by atoms with Crippen molar-refractivity contribution in [2.24, 2.45) is 0 Å². The molecule has 0 aliphatic heterocycles. The van der Waals surface area contributed by atoms with Gasteiger partial charge in [0.05, 0.1) is 0 Å². The first-order valence-electron chi connectivity index (χ1n) is 12.2. The second kappa shape index (κ2) is 24.4. The molecular weight excluding hydrogens is 494 g/mol. The van der Waals surface area contributed by atoms with Crippen LogP contribution in [0.3, 0.4) is 0 Å². The highest BCUT2D eigenvalue weighted by atomic mass is 31.1. The number of hydrogen-bond acceptors (Lipinski definition) is 8. The van der Waals surface area contributed by atoms with Crippen LogP contribution in [0.25, 0.3) is 0 Å². The van der Waals surface area contributed by atoms with Crippen molar-refractivity contribution >= 4 is 37.5 Å². The van der Waals surface area contributed by atoms with E-state index < -0.39 is 29.6 Å². The highest BCUT2D eigenvalue weighted by molar-refractivity contribution is 7.60. The van der Waals surface area contributed by atoms with Crippen molar-refractivity contribution in [3.8, 4) is 0 Å². The molecule has 35 heavy (non-hydrogen) atoms. The van der Waals surface area contributed by atoms with Crippen LogP contribution in [-0.4, -0.2) is 86.8 Å². The van der Waals surface area contributed by atoms with Gasteiger partial charge in [-0.25, -0.2) is 0 Å². The quantitative estimate of drug-likeness (QED) is 0.155. The van der Waals surface area contributed by atoms with Crippen LogP contribution in [0.4, 0.5) is 17.3 Å². The molecule has 17 heteroatoms. The van der Waals surface area contributed by atoms with Crippen molar-refractivity contribution < 1.29 is 57.5 Å². The van der Waals surface area contributed by atoms with Crippen molar-refractivity contribution in [3.05, 3.63) is 0 Å². The Morgan fingerprint density at radius 1 is 0.371 bits per heavy atom. The Morgan fingerprint density at radius 3 is 0.657 bits per heavy atom. The summed E-state index contributed by atoms with van der Waals surface area (Å²) in [7, 11) is -10.3. The van der Waals surface area contributed by atoms with Gasteiger partial charge in [0, 0.05) is 0 Å². The molecule has 8 nitrogen and oxygen atoms in total. The molecule has 206 valence electrons. The van der Waals surface area contributed by atoms with E-state index in [2.05, 4.69) is 0 Å². The smallest absolute Gasteiger partial charge is 0.398 e. The lowest BCUT2D eigenvalue weighted by Crippen LogP contribution is -2.28. The summed E-state index contributed by atoms with van der Waals surface area (Å²) in [5.74, 6) is 0. The second-order valence-corrected chi connectivity index (χ2v) is 11.7. The van der Waals surface area contributed by atoms with Crippen molar-refractivity contribution in [2.75, 3.05) is 0 Å². The fourth-order valence-corrected chi connectivity index (χ4v) is 9.71. The van der Waals surface area contributed by atoms with E-state index in [0.29, 0.717) is 7.92 Å². The SMILES string of the molecule is C1CCC(P(C2CCCCC2)C2CCCCC2)CC1.OB(O)F.OB(O)F.OB(O)F.OB(O)F. The van der Waals surface area contributed by atoms with E-state index in [1.165, 1.54) is 36.2 Å². The van der Waals surface area contributed by atoms with Gasteiger partial charge in [-0.1, -0.05) is 65.7 Å². The second-order valence-electron chi connectivity index (χ2n) is 8.57. The molecule has 3 saturated carbocycles. The molecule has 3 aliphatic carbocycles. The Balaban J connectivity index is 0. The fourth-order valence-electron chi connectivity index (χ4n) is 5.03. The standard InChI is InChI=1S/C18H33P.4BFH2O2/c1-4-10-16(11-5-1)19(17-12-6-2-7-13-17)18-14-8-3-9-15-18;4*2-1(3)4/h16-18H,1-15H2;4*3-4H. The van der Waals surface area contributed by atoms with Crippen LogP contribution in [-0.2, 0) is 0 Å². The molecule has 0 saturated heterocycles. The van der Waals surface area contributed by atoms with Gasteiger partial charge in [-0.3, -0.25) is 17.3 Å². The summed E-state index contributed by atoms with van der Waals surface area (Å²) in [4.78, 5) is 0. The summed E-state index contributed by atoms with van der Waals surface area (Å²) in [5, 5.41) is 55.6. The summed E-state index contributed by atoms with van der Waals surface area (Å²) < 4.78 is 40.4. The van der Waals surface area contributed by atoms with E-state index in [9.17, 15) is 17.3 Å². The Labute approximate surface area is 208 Å². The molecule has 3 aliphatic rings. The molecule has 0 atom stereocenters. The third-order valence-corrected chi connectivity index (χ3v) is 10.1. The van der Waals surface area contributed by atoms with E-state index in [-0.39, 0.29) is 0 Å². The van der Waals surface area contributed by atoms with E-state index >= 15 is 0 Å². The lowest BCUT2D eigenvalue weighted by molar-refractivity contribution is 0.338. The Hall–Kier alpha value is 0.0897.